The third-order valence-corrected chi connectivity index (χ3v) is 6.19. The Balaban J connectivity index is 0.000000143. The van der Waals surface area contributed by atoms with Crippen LogP contribution < -0.4 is 5.73 Å². The predicted molar refractivity (Wildman–Crippen MR) is 94.2 cm³/mol. The van der Waals surface area contributed by atoms with Crippen LogP contribution in [0.4, 0.5) is 10.0 Å². The van der Waals surface area contributed by atoms with E-state index in [1.807, 2.05) is 6.07 Å². The topological polar surface area (TPSA) is 103 Å². The van der Waals surface area contributed by atoms with E-state index in [9.17, 15) is 19.7 Å². The molecular formula is C16H16N2O4S2. The Hall–Kier alpha value is -2.06. The van der Waals surface area contributed by atoms with Crippen molar-refractivity contribution in [2.75, 3.05) is 5.73 Å². The molecule has 0 unspecified atom stereocenters. The van der Waals surface area contributed by atoms with E-state index in [1.165, 1.54) is 10.9 Å². The highest BCUT2D eigenvalue weighted by Crippen LogP contribution is 2.34. The van der Waals surface area contributed by atoms with Crippen LogP contribution in [0.15, 0.2) is 12.1 Å². The first-order valence-corrected chi connectivity index (χ1v) is 9.30. The van der Waals surface area contributed by atoms with E-state index in [-0.39, 0.29) is 16.6 Å². The fraction of sp³-hybridized carbons (Fsp3) is 0.375. The number of aryl methyl sites for hydroxylation is 2. The van der Waals surface area contributed by atoms with Crippen LogP contribution in [0, 0.1) is 10.1 Å². The molecule has 126 valence electrons. The maximum Gasteiger partial charge on any atom is 0.325 e. The highest BCUT2D eigenvalue weighted by Gasteiger charge is 2.24. The summed E-state index contributed by atoms with van der Waals surface area (Å²) in [6.07, 6.45) is 4.88. The van der Waals surface area contributed by atoms with Gasteiger partial charge in [-0.25, -0.2) is 0 Å². The molecule has 0 aliphatic heterocycles. The first kappa shape index (κ1) is 16.8. The number of Topliss-reactive ketones (excluding diaryl/α,β-unsaturated/α-hetero) is 2. The number of nitrogens with two attached hydrogens (primary N) is 1. The molecule has 0 amide bonds. The van der Waals surface area contributed by atoms with E-state index in [1.54, 1.807) is 11.3 Å². The maximum atomic E-state index is 11.3. The summed E-state index contributed by atoms with van der Waals surface area (Å²) >= 11 is 2.68. The van der Waals surface area contributed by atoms with Crippen LogP contribution in [0.1, 0.15) is 56.2 Å². The lowest BCUT2D eigenvalue weighted by Crippen LogP contribution is -2.06. The predicted octanol–water partition coefficient (Wildman–Crippen LogP) is 4.02. The molecule has 2 aliphatic carbocycles. The maximum absolute atomic E-state index is 11.3. The molecule has 2 aromatic heterocycles. The van der Waals surface area contributed by atoms with Crippen LogP contribution in [0.5, 0.6) is 0 Å². The van der Waals surface area contributed by atoms with Gasteiger partial charge in [0.15, 0.2) is 11.6 Å². The number of ketones is 2. The molecule has 2 heterocycles. The van der Waals surface area contributed by atoms with Gasteiger partial charge in [-0.05, 0) is 31.7 Å². The first-order chi connectivity index (χ1) is 11.5. The smallest absolute Gasteiger partial charge is 0.325 e. The van der Waals surface area contributed by atoms with Gasteiger partial charge in [0.05, 0.1) is 9.92 Å². The monoisotopic (exact) mass is 364 g/mol. The van der Waals surface area contributed by atoms with Gasteiger partial charge in [0, 0.05) is 39.8 Å². The van der Waals surface area contributed by atoms with Crippen LogP contribution >= 0.6 is 22.7 Å². The SMILES string of the molecule is Nc1cc2c(s1)CCCC2=O.O=C1CCCc2sc([N+](=O)[O-])cc21. The van der Waals surface area contributed by atoms with Gasteiger partial charge in [-0.3, -0.25) is 19.7 Å². The average molecular weight is 364 g/mol. The molecule has 0 atom stereocenters. The van der Waals surface area contributed by atoms with E-state index in [4.69, 9.17) is 5.73 Å². The van der Waals surface area contributed by atoms with E-state index >= 15 is 0 Å². The van der Waals surface area contributed by atoms with Gasteiger partial charge in [-0.2, -0.15) is 0 Å². The fourth-order valence-electron chi connectivity index (χ4n) is 2.89. The zero-order valence-electron chi connectivity index (χ0n) is 12.9. The second-order valence-electron chi connectivity index (χ2n) is 5.72. The normalized spacial score (nSPS) is 16.0. The van der Waals surface area contributed by atoms with Gasteiger partial charge in [-0.15, -0.1) is 11.3 Å². The van der Waals surface area contributed by atoms with Gasteiger partial charge >= 0.3 is 5.00 Å². The summed E-state index contributed by atoms with van der Waals surface area (Å²) in [7, 11) is 0. The summed E-state index contributed by atoms with van der Waals surface area (Å²) in [5.41, 5.74) is 7.03. The van der Waals surface area contributed by atoms with Crippen LogP contribution in [0.25, 0.3) is 0 Å². The van der Waals surface area contributed by atoms with Crippen LogP contribution in [-0.2, 0) is 12.8 Å². The standard InChI is InChI=1S/C8H7NO3S.C8H9NOS/c10-6-2-1-3-7-5(6)4-8(13-7)9(11)12;9-8-4-5-6(10)2-1-3-7(5)11-8/h4H,1-3H2;4H,1-3,9H2. The molecule has 2 aromatic rings. The molecule has 24 heavy (non-hydrogen) atoms. The highest BCUT2D eigenvalue weighted by atomic mass is 32.1. The molecule has 2 aliphatic rings. The Labute approximate surface area is 146 Å². The Morgan fingerprint density at radius 3 is 1.96 bits per heavy atom. The summed E-state index contributed by atoms with van der Waals surface area (Å²) in [6, 6.07) is 3.21. The van der Waals surface area contributed by atoms with Crippen molar-refractivity contribution in [2.24, 2.45) is 0 Å². The van der Waals surface area contributed by atoms with Crippen molar-refractivity contribution >= 4 is 44.2 Å². The highest BCUT2D eigenvalue weighted by molar-refractivity contribution is 7.16. The zero-order valence-corrected chi connectivity index (χ0v) is 14.5. The molecule has 0 saturated carbocycles. The molecule has 6 nitrogen and oxygen atoms in total. The van der Waals surface area contributed by atoms with Crippen molar-refractivity contribution in [1.82, 2.24) is 0 Å². The number of nitro groups is 1. The Morgan fingerprint density at radius 2 is 1.46 bits per heavy atom. The van der Waals surface area contributed by atoms with Gasteiger partial charge in [0.1, 0.15) is 0 Å². The summed E-state index contributed by atoms with van der Waals surface area (Å²) in [4.78, 5) is 34.6. The molecule has 0 saturated heterocycles. The lowest BCUT2D eigenvalue weighted by atomic mass is 9.98. The van der Waals surface area contributed by atoms with E-state index < -0.39 is 4.92 Å². The molecule has 0 spiro atoms. The third kappa shape index (κ3) is 3.39. The molecule has 0 fully saturated rings. The summed E-state index contributed by atoms with van der Waals surface area (Å²) in [6.45, 7) is 0. The number of fused-ring (bicyclic) bond motifs is 2. The Bertz CT molecular complexity index is 822. The minimum atomic E-state index is -0.434. The number of nitrogen functional groups attached to an aromatic ring is 1. The Kier molecular flexibility index (Phi) is 4.77. The lowest BCUT2D eigenvalue weighted by molar-refractivity contribution is -0.380. The molecular weight excluding hydrogens is 348 g/mol. The van der Waals surface area contributed by atoms with Gasteiger partial charge < -0.3 is 5.73 Å². The molecule has 2 N–H and O–H groups in total. The molecule has 0 aromatic carbocycles. The summed E-state index contributed by atoms with van der Waals surface area (Å²) in [5.74, 6) is 0.310. The van der Waals surface area contributed by atoms with Crippen molar-refractivity contribution in [2.45, 2.75) is 38.5 Å². The minimum Gasteiger partial charge on any atom is -0.391 e. The van der Waals surface area contributed by atoms with E-state index in [2.05, 4.69) is 0 Å². The number of thiophene rings is 2. The van der Waals surface area contributed by atoms with Crippen LogP contribution in [0.3, 0.4) is 0 Å². The number of hydrogen-bond acceptors (Lipinski definition) is 7. The van der Waals surface area contributed by atoms with Crippen molar-refractivity contribution in [3.8, 4) is 0 Å². The van der Waals surface area contributed by atoms with E-state index in [0.717, 1.165) is 52.5 Å². The average Bonchev–Trinajstić information content (AvgIpc) is 3.12. The lowest BCUT2D eigenvalue weighted by Gasteiger charge is -2.07. The molecule has 0 bridgehead atoms. The fourth-order valence-corrected chi connectivity index (χ4v) is 4.91. The van der Waals surface area contributed by atoms with Crippen molar-refractivity contribution in [3.63, 3.8) is 0 Å². The summed E-state index contributed by atoms with van der Waals surface area (Å²) < 4.78 is 0. The number of carbonyl (C=O) groups excluding carboxylic acids is 2. The number of carbonyl (C=O) groups is 2. The summed E-state index contributed by atoms with van der Waals surface area (Å²) in [5, 5.41) is 11.3. The third-order valence-electron chi connectivity index (χ3n) is 4.02. The number of anilines is 1. The molecule has 8 heteroatoms. The van der Waals surface area contributed by atoms with E-state index in [0.29, 0.717) is 18.4 Å². The number of rotatable bonds is 1. The second kappa shape index (κ2) is 6.82. The second-order valence-corrected chi connectivity index (χ2v) is 8.00. The minimum absolute atomic E-state index is 0.0469. The van der Waals surface area contributed by atoms with Crippen molar-refractivity contribution in [3.05, 3.63) is 43.1 Å². The van der Waals surface area contributed by atoms with Gasteiger partial charge in [0.25, 0.3) is 0 Å². The van der Waals surface area contributed by atoms with Crippen molar-refractivity contribution in [1.29, 1.82) is 0 Å². The Morgan fingerprint density at radius 1 is 0.917 bits per heavy atom. The van der Waals surface area contributed by atoms with Crippen LogP contribution in [0.2, 0.25) is 0 Å². The van der Waals surface area contributed by atoms with Crippen LogP contribution in [-0.4, -0.2) is 16.5 Å². The zero-order chi connectivity index (χ0) is 17.3. The molecule has 0 radical (unpaired) electrons. The van der Waals surface area contributed by atoms with Crippen molar-refractivity contribution < 1.29 is 14.5 Å². The molecule has 4 rings (SSSR count). The quantitative estimate of drug-likeness (QED) is 0.608. The number of nitrogens with zero attached hydrogens (tertiary/aromatic N) is 1. The number of hydrogen-bond donors (Lipinski definition) is 1. The first-order valence-electron chi connectivity index (χ1n) is 7.67. The largest absolute Gasteiger partial charge is 0.391 e. The van der Waals surface area contributed by atoms with Gasteiger partial charge in [0.2, 0.25) is 0 Å². The van der Waals surface area contributed by atoms with Gasteiger partial charge in [-0.1, -0.05) is 11.3 Å².